The Morgan fingerprint density at radius 1 is 1.27 bits per heavy atom. The Balaban J connectivity index is 2.08. The molecule has 0 aliphatic heterocycles. The molecule has 84 valence electrons. The molecule has 0 radical (unpaired) electrons. The first kappa shape index (κ1) is 11.2. The molecule has 15 heavy (non-hydrogen) atoms. The Kier molecular flexibility index (Phi) is 3.81. The highest BCUT2D eigenvalue weighted by Crippen LogP contribution is 2.36. The molecule has 1 heterocycles. The van der Waals surface area contributed by atoms with Gasteiger partial charge in [-0.3, -0.25) is 0 Å². The van der Waals surface area contributed by atoms with Gasteiger partial charge in [0, 0.05) is 15.8 Å². The van der Waals surface area contributed by atoms with Crippen LogP contribution in [0.1, 0.15) is 47.9 Å². The number of rotatable bonds is 3. The minimum absolute atomic E-state index is 0.601. The van der Waals surface area contributed by atoms with Gasteiger partial charge in [0.1, 0.15) is 0 Å². The van der Waals surface area contributed by atoms with E-state index in [1.807, 2.05) is 11.3 Å². The third-order valence-electron chi connectivity index (χ3n) is 3.50. The zero-order valence-electron chi connectivity index (χ0n) is 9.75. The molecule has 1 unspecified atom stereocenters. The van der Waals surface area contributed by atoms with Gasteiger partial charge in [-0.25, -0.2) is 0 Å². The van der Waals surface area contributed by atoms with Gasteiger partial charge in [-0.2, -0.15) is 0 Å². The van der Waals surface area contributed by atoms with E-state index in [9.17, 15) is 0 Å². The number of hydrogen-bond donors (Lipinski definition) is 1. The van der Waals surface area contributed by atoms with Crippen molar-refractivity contribution in [3.8, 4) is 0 Å². The van der Waals surface area contributed by atoms with Crippen molar-refractivity contribution in [3.05, 3.63) is 21.9 Å². The van der Waals surface area contributed by atoms with Crippen LogP contribution in [0.25, 0.3) is 0 Å². The molecule has 1 atom stereocenters. The maximum Gasteiger partial charge on any atom is 0.0441 e. The number of thiophene rings is 1. The van der Waals surface area contributed by atoms with Crippen molar-refractivity contribution >= 4 is 11.3 Å². The summed E-state index contributed by atoms with van der Waals surface area (Å²) in [4.78, 5) is 2.96. The summed E-state index contributed by atoms with van der Waals surface area (Å²) < 4.78 is 0. The quantitative estimate of drug-likeness (QED) is 0.819. The van der Waals surface area contributed by atoms with E-state index in [1.165, 1.54) is 41.9 Å². The molecule has 1 saturated carbocycles. The minimum atomic E-state index is 0.601. The normalized spacial score (nSPS) is 20.4. The molecule has 1 aliphatic carbocycles. The topological polar surface area (TPSA) is 12.0 Å². The Hall–Kier alpha value is -0.340. The molecular weight excluding hydrogens is 202 g/mol. The highest BCUT2D eigenvalue weighted by Gasteiger charge is 2.24. The predicted molar refractivity (Wildman–Crippen MR) is 67.4 cm³/mol. The number of nitrogens with one attached hydrogen (secondary N) is 1. The van der Waals surface area contributed by atoms with Crippen molar-refractivity contribution in [2.24, 2.45) is 5.92 Å². The van der Waals surface area contributed by atoms with Crippen LogP contribution >= 0.6 is 11.3 Å². The molecule has 0 saturated heterocycles. The summed E-state index contributed by atoms with van der Waals surface area (Å²) >= 11 is 1.95. The molecule has 0 amide bonds. The van der Waals surface area contributed by atoms with Gasteiger partial charge in [0.25, 0.3) is 0 Å². The van der Waals surface area contributed by atoms with Crippen LogP contribution in [0.5, 0.6) is 0 Å². The molecule has 1 N–H and O–H groups in total. The lowest BCUT2D eigenvalue weighted by Crippen LogP contribution is -2.26. The lowest BCUT2D eigenvalue weighted by molar-refractivity contribution is 0.284. The van der Waals surface area contributed by atoms with Crippen molar-refractivity contribution in [1.82, 2.24) is 5.32 Å². The molecule has 1 aliphatic rings. The Morgan fingerprint density at radius 3 is 2.53 bits per heavy atom. The molecule has 2 rings (SSSR count). The average molecular weight is 223 g/mol. The number of aryl methyl sites for hydroxylation is 1. The van der Waals surface area contributed by atoms with Crippen LogP contribution in [0.4, 0.5) is 0 Å². The zero-order chi connectivity index (χ0) is 10.7. The molecule has 1 fully saturated rings. The van der Waals surface area contributed by atoms with Gasteiger partial charge in [0.05, 0.1) is 0 Å². The van der Waals surface area contributed by atoms with Gasteiger partial charge >= 0.3 is 0 Å². The smallest absolute Gasteiger partial charge is 0.0441 e. The summed E-state index contributed by atoms with van der Waals surface area (Å²) in [6.45, 7) is 2.20. The van der Waals surface area contributed by atoms with E-state index in [0.717, 1.165) is 5.92 Å². The maximum atomic E-state index is 3.51. The fourth-order valence-corrected chi connectivity index (χ4v) is 3.78. The van der Waals surface area contributed by atoms with Gasteiger partial charge in [-0.1, -0.05) is 19.3 Å². The van der Waals surface area contributed by atoms with Gasteiger partial charge in [-0.15, -0.1) is 11.3 Å². The molecular formula is C13H21NS. The third kappa shape index (κ3) is 2.61. The lowest BCUT2D eigenvalue weighted by atomic mass is 9.83. The van der Waals surface area contributed by atoms with E-state index < -0.39 is 0 Å². The summed E-state index contributed by atoms with van der Waals surface area (Å²) in [6.07, 6.45) is 7.10. The minimum Gasteiger partial charge on any atom is -0.312 e. The zero-order valence-corrected chi connectivity index (χ0v) is 10.6. The van der Waals surface area contributed by atoms with E-state index in [2.05, 4.69) is 31.4 Å². The highest BCUT2D eigenvalue weighted by atomic mass is 32.1. The van der Waals surface area contributed by atoms with E-state index in [-0.39, 0.29) is 0 Å². The van der Waals surface area contributed by atoms with Crippen LogP contribution in [0, 0.1) is 12.8 Å². The standard InChI is InChI=1S/C13H21NS/c1-10-8-9-12(15-10)13(14-2)11-6-4-3-5-7-11/h8-9,11,13-14H,3-7H2,1-2H3. The monoisotopic (exact) mass is 223 g/mol. The van der Waals surface area contributed by atoms with Crippen molar-refractivity contribution in [2.75, 3.05) is 7.05 Å². The van der Waals surface area contributed by atoms with Crippen LogP contribution in [0.2, 0.25) is 0 Å². The van der Waals surface area contributed by atoms with Crippen molar-refractivity contribution in [2.45, 2.75) is 45.1 Å². The first-order valence-corrected chi connectivity index (χ1v) is 6.86. The summed E-state index contributed by atoms with van der Waals surface area (Å²) in [5.74, 6) is 0.863. The van der Waals surface area contributed by atoms with Gasteiger partial charge in [-0.05, 0) is 44.9 Å². The molecule has 1 aromatic heterocycles. The third-order valence-corrected chi connectivity index (χ3v) is 4.58. The van der Waals surface area contributed by atoms with Crippen LogP contribution in [-0.4, -0.2) is 7.05 Å². The fraction of sp³-hybridized carbons (Fsp3) is 0.692. The van der Waals surface area contributed by atoms with Crippen LogP contribution in [0.15, 0.2) is 12.1 Å². The predicted octanol–water partition coefficient (Wildman–Crippen LogP) is 3.90. The Morgan fingerprint density at radius 2 is 2.00 bits per heavy atom. The average Bonchev–Trinajstić information content (AvgIpc) is 2.68. The molecule has 2 heteroatoms. The summed E-state index contributed by atoms with van der Waals surface area (Å²) in [5, 5.41) is 3.51. The first-order chi connectivity index (χ1) is 7.31. The second kappa shape index (κ2) is 5.13. The maximum absolute atomic E-state index is 3.51. The van der Waals surface area contributed by atoms with E-state index in [0.29, 0.717) is 6.04 Å². The van der Waals surface area contributed by atoms with Gasteiger partial charge < -0.3 is 5.32 Å². The van der Waals surface area contributed by atoms with Crippen molar-refractivity contribution in [1.29, 1.82) is 0 Å². The first-order valence-electron chi connectivity index (χ1n) is 6.05. The SMILES string of the molecule is CNC(c1ccc(C)s1)C1CCCCC1. The van der Waals surface area contributed by atoms with Crippen LogP contribution in [-0.2, 0) is 0 Å². The van der Waals surface area contributed by atoms with Crippen molar-refractivity contribution < 1.29 is 0 Å². The molecule has 0 bridgehead atoms. The molecule has 0 aromatic carbocycles. The van der Waals surface area contributed by atoms with Crippen LogP contribution in [0.3, 0.4) is 0 Å². The van der Waals surface area contributed by atoms with Gasteiger partial charge in [0.2, 0.25) is 0 Å². The largest absolute Gasteiger partial charge is 0.312 e. The molecule has 1 nitrogen and oxygen atoms in total. The summed E-state index contributed by atoms with van der Waals surface area (Å²) in [6, 6.07) is 5.15. The highest BCUT2D eigenvalue weighted by molar-refractivity contribution is 7.12. The second-order valence-electron chi connectivity index (χ2n) is 4.61. The Labute approximate surface area is 96.9 Å². The van der Waals surface area contributed by atoms with E-state index in [1.54, 1.807) is 0 Å². The second-order valence-corrected chi connectivity index (χ2v) is 5.93. The molecule has 1 aromatic rings. The number of hydrogen-bond acceptors (Lipinski definition) is 2. The van der Waals surface area contributed by atoms with Crippen molar-refractivity contribution in [3.63, 3.8) is 0 Å². The summed E-state index contributed by atoms with van der Waals surface area (Å²) in [7, 11) is 2.11. The fourth-order valence-electron chi connectivity index (χ4n) is 2.70. The lowest BCUT2D eigenvalue weighted by Gasteiger charge is -2.29. The molecule has 0 spiro atoms. The van der Waals surface area contributed by atoms with E-state index in [4.69, 9.17) is 0 Å². The Bertz CT molecular complexity index is 299. The summed E-state index contributed by atoms with van der Waals surface area (Å²) in [5.41, 5.74) is 0. The van der Waals surface area contributed by atoms with Crippen LogP contribution < -0.4 is 5.32 Å². The van der Waals surface area contributed by atoms with Gasteiger partial charge in [0.15, 0.2) is 0 Å². The van der Waals surface area contributed by atoms with E-state index >= 15 is 0 Å².